The van der Waals surface area contributed by atoms with Crippen LogP contribution in [0.2, 0.25) is 5.02 Å². The van der Waals surface area contributed by atoms with Crippen molar-refractivity contribution in [2.45, 2.75) is 26.9 Å². The first-order valence-corrected chi connectivity index (χ1v) is 10.2. The predicted molar refractivity (Wildman–Crippen MR) is 112 cm³/mol. The Kier molecular flexibility index (Phi) is 7.15. The lowest BCUT2D eigenvalue weighted by Crippen LogP contribution is -2.44. The Labute approximate surface area is 176 Å². The number of para-hydroxylation sites is 1. The third-order valence-electron chi connectivity index (χ3n) is 4.96. The van der Waals surface area contributed by atoms with Crippen LogP contribution in [0.5, 0.6) is 5.75 Å². The van der Waals surface area contributed by atoms with Gasteiger partial charge in [0.15, 0.2) is 6.61 Å². The van der Waals surface area contributed by atoms with Gasteiger partial charge >= 0.3 is 5.97 Å². The lowest BCUT2D eigenvalue weighted by molar-refractivity contribution is -0.137. The molecule has 2 aromatic carbocycles. The van der Waals surface area contributed by atoms with Crippen LogP contribution in [0.1, 0.15) is 36.2 Å². The van der Waals surface area contributed by atoms with E-state index in [1.807, 2.05) is 12.1 Å². The molecule has 0 unspecified atom stereocenters. The molecule has 0 radical (unpaired) electrons. The highest BCUT2D eigenvalue weighted by Gasteiger charge is 2.26. The molecule has 29 heavy (non-hydrogen) atoms. The fourth-order valence-electron chi connectivity index (χ4n) is 3.67. The van der Waals surface area contributed by atoms with Crippen LogP contribution in [-0.4, -0.2) is 36.5 Å². The second kappa shape index (κ2) is 9.79. The molecule has 1 aliphatic rings. The van der Waals surface area contributed by atoms with Crippen molar-refractivity contribution >= 4 is 23.5 Å². The van der Waals surface area contributed by atoms with E-state index in [-0.39, 0.29) is 12.5 Å². The number of esters is 1. The van der Waals surface area contributed by atoms with E-state index in [0.717, 1.165) is 12.0 Å². The van der Waals surface area contributed by atoms with E-state index in [0.29, 0.717) is 47.9 Å². The van der Waals surface area contributed by atoms with Crippen LogP contribution in [0.15, 0.2) is 48.5 Å². The van der Waals surface area contributed by atoms with Gasteiger partial charge in [-0.15, -0.1) is 0 Å². The summed E-state index contributed by atoms with van der Waals surface area (Å²) in [5.74, 6) is 0.611. The Morgan fingerprint density at radius 1 is 1.03 bits per heavy atom. The summed E-state index contributed by atoms with van der Waals surface area (Å²) in [6.07, 6.45) is 1.11. The number of hydrogen-bond donors (Lipinski definition) is 0. The summed E-state index contributed by atoms with van der Waals surface area (Å²) in [5.41, 5.74) is 1.23. The molecule has 0 aliphatic carbocycles. The van der Waals surface area contributed by atoms with E-state index in [4.69, 9.17) is 21.1 Å². The fourth-order valence-corrected chi connectivity index (χ4v) is 3.79. The first-order chi connectivity index (χ1) is 13.9. The number of hydrogen-bond acceptors (Lipinski definition) is 4. The van der Waals surface area contributed by atoms with Crippen molar-refractivity contribution in [1.82, 2.24) is 4.90 Å². The summed E-state index contributed by atoms with van der Waals surface area (Å²) in [7, 11) is 0. The quantitative estimate of drug-likeness (QED) is 0.648. The minimum absolute atomic E-state index is 0.156. The molecule has 0 aromatic heterocycles. The monoisotopic (exact) mass is 415 g/mol. The number of carbonyl (C=O) groups is 2. The van der Waals surface area contributed by atoms with Gasteiger partial charge in [-0.25, -0.2) is 4.79 Å². The summed E-state index contributed by atoms with van der Waals surface area (Å²) in [6, 6.07) is 14.2. The number of piperidine rings is 1. The summed E-state index contributed by atoms with van der Waals surface area (Å²) in [6.45, 7) is 5.73. The lowest BCUT2D eigenvalue weighted by Gasteiger charge is -2.34. The number of nitrogens with zero attached hydrogens (tertiary/aromatic N) is 1. The maximum absolute atomic E-state index is 12.5. The van der Waals surface area contributed by atoms with Gasteiger partial charge in [0.1, 0.15) is 17.9 Å². The maximum Gasteiger partial charge on any atom is 0.342 e. The number of ether oxygens (including phenoxy) is 2. The van der Waals surface area contributed by atoms with E-state index in [1.54, 1.807) is 41.3 Å². The van der Waals surface area contributed by atoms with Gasteiger partial charge in [0.05, 0.1) is 0 Å². The molecule has 0 saturated carbocycles. The average Bonchev–Trinajstić information content (AvgIpc) is 2.71. The smallest absolute Gasteiger partial charge is 0.342 e. The molecular weight excluding hydrogens is 390 g/mol. The van der Waals surface area contributed by atoms with Crippen molar-refractivity contribution in [2.24, 2.45) is 11.8 Å². The summed E-state index contributed by atoms with van der Waals surface area (Å²) in [4.78, 5) is 26.8. The second-order valence-electron chi connectivity index (χ2n) is 7.73. The zero-order valence-corrected chi connectivity index (χ0v) is 17.5. The van der Waals surface area contributed by atoms with Gasteiger partial charge in [0.25, 0.3) is 5.91 Å². The highest BCUT2D eigenvalue weighted by molar-refractivity contribution is 6.30. The number of rotatable bonds is 6. The Morgan fingerprint density at radius 2 is 1.69 bits per heavy atom. The third-order valence-corrected chi connectivity index (χ3v) is 5.21. The molecule has 154 valence electrons. The first kappa shape index (κ1) is 21.2. The summed E-state index contributed by atoms with van der Waals surface area (Å²) < 4.78 is 11.1. The van der Waals surface area contributed by atoms with Gasteiger partial charge in [0.2, 0.25) is 0 Å². The molecule has 0 N–H and O–H groups in total. The summed E-state index contributed by atoms with van der Waals surface area (Å²) in [5, 5.41) is 0.653. The number of likely N-dealkylation sites (tertiary alicyclic amines) is 1. The molecule has 3 rings (SSSR count). The van der Waals surface area contributed by atoms with Crippen LogP contribution in [-0.2, 0) is 16.1 Å². The molecule has 2 aromatic rings. The fraction of sp³-hybridized carbons (Fsp3) is 0.391. The van der Waals surface area contributed by atoms with Gasteiger partial charge in [-0.2, -0.15) is 0 Å². The van der Waals surface area contributed by atoms with Gasteiger partial charge in [-0.3, -0.25) is 4.79 Å². The largest absolute Gasteiger partial charge is 0.488 e. The topological polar surface area (TPSA) is 55.8 Å². The predicted octanol–water partition coefficient (Wildman–Crippen LogP) is 4.58. The Hall–Kier alpha value is -2.53. The number of amides is 1. The number of carbonyl (C=O) groups excluding carboxylic acids is 2. The molecular formula is C23H26ClNO4. The lowest BCUT2D eigenvalue weighted by atomic mass is 9.92. The van der Waals surface area contributed by atoms with Crippen LogP contribution in [0.25, 0.3) is 0 Å². The molecule has 1 heterocycles. The van der Waals surface area contributed by atoms with E-state index in [9.17, 15) is 9.59 Å². The van der Waals surface area contributed by atoms with Crippen molar-refractivity contribution in [1.29, 1.82) is 0 Å². The van der Waals surface area contributed by atoms with Crippen molar-refractivity contribution in [2.75, 3.05) is 19.7 Å². The van der Waals surface area contributed by atoms with Crippen molar-refractivity contribution < 1.29 is 19.1 Å². The molecule has 1 amide bonds. The Morgan fingerprint density at radius 3 is 2.38 bits per heavy atom. The molecule has 1 fully saturated rings. The van der Waals surface area contributed by atoms with Gasteiger partial charge in [0, 0.05) is 18.1 Å². The van der Waals surface area contributed by atoms with Crippen LogP contribution in [0.4, 0.5) is 0 Å². The normalized spacial score (nSPS) is 18.9. The van der Waals surface area contributed by atoms with Crippen LogP contribution in [0, 0.1) is 11.8 Å². The first-order valence-electron chi connectivity index (χ1n) is 9.83. The molecule has 0 spiro atoms. The van der Waals surface area contributed by atoms with Crippen molar-refractivity contribution in [3.05, 3.63) is 64.7 Å². The van der Waals surface area contributed by atoms with E-state index in [2.05, 4.69) is 13.8 Å². The molecule has 1 saturated heterocycles. The number of benzene rings is 2. The van der Waals surface area contributed by atoms with Crippen LogP contribution < -0.4 is 4.74 Å². The standard InChI is InChI=1S/C23H26ClNO4/c1-16-11-17(2)13-25(12-16)22(26)15-29-23(27)20-5-3-4-6-21(20)28-14-18-7-9-19(24)10-8-18/h3-10,16-17H,11-15H2,1-2H3/t16-,17+. The Balaban J connectivity index is 1.58. The Bertz CT molecular complexity index is 842. The molecule has 1 aliphatic heterocycles. The van der Waals surface area contributed by atoms with Crippen molar-refractivity contribution in [3.63, 3.8) is 0 Å². The van der Waals surface area contributed by atoms with Crippen LogP contribution >= 0.6 is 11.6 Å². The molecule has 2 atom stereocenters. The molecule has 0 bridgehead atoms. The maximum atomic E-state index is 12.5. The van der Waals surface area contributed by atoms with E-state index >= 15 is 0 Å². The van der Waals surface area contributed by atoms with Gasteiger partial charge in [-0.1, -0.05) is 49.7 Å². The zero-order chi connectivity index (χ0) is 20.8. The second-order valence-corrected chi connectivity index (χ2v) is 8.17. The van der Waals surface area contributed by atoms with E-state index < -0.39 is 5.97 Å². The van der Waals surface area contributed by atoms with Crippen molar-refractivity contribution in [3.8, 4) is 5.75 Å². The van der Waals surface area contributed by atoms with E-state index in [1.165, 1.54) is 0 Å². The van der Waals surface area contributed by atoms with Gasteiger partial charge in [-0.05, 0) is 48.1 Å². The minimum atomic E-state index is -0.567. The van der Waals surface area contributed by atoms with Gasteiger partial charge < -0.3 is 14.4 Å². The molecule has 6 heteroatoms. The third kappa shape index (κ3) is 5.97. The molecule has 5 nitrogen and oxygen atoms in total. The highest BCUT2D eigenvalue weighted by atomic mass is 35.5. The SMILES string of the molecule is C[C@@H]1C[C@H](C)CN(C(=O)COC(=O)c2ccccc2OCc2ccc(Cl)cc2)C1. The minimum Gasteiger partial charge on any atom is -0.488 e. The highest BCUT2D eigenvalue weighted by Crippen LogP contribution is 2.23. The van der Waals surface area contributed by atoms with Crippen LogP contribution in [0.3, 0.4) is 0 Å². The summed E-state index contributed by atoms with van der Waals surface area (Å²) >= 11 is 5.89. The number of halogens is 1. The zero-order valence-electron chi connectivity index (χ0n) is 16.8. The average molecular weight is 416 g/mol.